The first kappa shape index (κ1) is 18.5. The maximum atomic E-state index is 9.27. The van der Waals surface area contributed by atoms with Crippen molar-refractivity contribution in [1.29, 1.82) is 5.26 Å². The molecule has 1 atom stereocenters. The molecule has 1 unspecified atom stereocenters. The molecule has 1 saturated heterocycles. The fraction of sp³-hybridized carbons (Fsp3) is 0.348. The van der Waals surface area contributed by atoms with Gasteiger partial charge in [-0.3, -0.25) is 4.90 Å². The van der Waals surface area contributed by atoms with Crippen molar-refractivity contribution in [3.05, 3.63) is 65.5 Å². The van der Waals surface area contributed by atoms with Gasteiger partial charge in [-0.15, -0.1) is 0 Å². The highest BCUT2D eigenvalue weighted by molar-refractivity contribution is 5.84. The first-order valence-electron chi connectivity index (χ1n) is 9.71. The van der Waals surface area contributed by atoms with E-state index in [4.69, 9.17) is 9.47 Å². The Balaban J connectivity index is 1.50. The maximum Gasteiger partial charge on any atom is 0.120 e. The monoisotopic (exact) mass is 375 g/mol. The van der Waals surface area contributed by atoms with E-state index in [-0.39, 0.29) is 6.10 Å². The molecular formula is C23H25N3O2. The lowest BCUT2D eigenvalue weighted by molar-refractivity contribution is -0.0328. The summed E-state index contributed by atoms with van der Waals surface area (Å²) in [5.41, 5.74) is 3.11. The molecule has 0 radical (unpaired) electrons. The lowest BCUT2D eigenvalue weighted by atomic mass is 10.0. The molecule has 4 rings (SSSR count). The van der Waals surface area contributed by atoms with Gasteiger partial charge in [0.15, 0.2) is 0 Å². The number of nitrogens with zero attached hydrogens (tertiary/aromatic N) is 3. The zero-order valence-electron chi connectivity index (χ0n) is 16.4. The Labute approximate surface area is 165 Å². The highest BCUT2D eigenvalue weighted by atomic mass is 16.5. The van der Waals surface area contributed by atoms with Crippen LogP contribution in [0.5, 0.6) is 5.75 Å². The van der Waals surface area contributed by atoms with Gasteiger partial charge in [0.1, 0.15) is 17.5 Å². The molecule has 1 aromatic heterocycles. The summed E-state index contributed by atoms with van der Waals surface area (Å²) in [7, 11) is 1.69. The van der Waals surface area contributed by atoms with Gasteiger partial charge in [-0.2, -0.15) is 5.26 Å². The maximum absolute atomic E-state index is 9.27. The minimum absolute atomic E-state index is 0.0592. The fourth-order valence-electron chi connectivity index (χ4n) is 3.89. The quantitative estimate of drug-likeness (QED) is 0.673. The number of rotatable bonds is 5. The molecule has 1 fully saturated rings. The van der Waals surface area contributed by atoms with Gasteiger partial charge in [0.25, 0.3) is 0 Å². The number of methoxy groups -OCH3 is 1. The van der Waals surface area contributed by atoms with Crippen molar-refractivity contribution in [2.75, 3.05) is 26.8 Å². The fourth-order valence-corrected chi connectivity index (χ4v) is 3.89. The van der Waals surface area contributed by atoms with E-state index in [0.29, 0.717) is 6.61 Å². The minimum Gasteiger partial charge on any atom is -0.497 e. The molecule has 5 nitrogen and oxygen atoms in total. The summed E-state index contributed by atoms with van der Waals surface area (Å²) in [6.07, 6.45) is 2.15. The zero-order chi connectivity index (χ0) is 19.5. The number of aryl methyl sites for hydroxylation is 1. The van der Waals surface area contributed by atoms with Gasteiger partial charge in [-0.25, -0.2) is 0 Å². The molecule has 0 N–H and O–H groups in total. The third-order valence-electron chi connectivity index (χ3n) is 5.41. The first-order chi connectivity index (χ1) is 13.7. The van der Waals surface area contributed by atoms with Crippen LogP contribution in [0.1, 0.15) is 29.8 Å². The number of hydrogen-bond acceptors (Lipinski definition) is 4. The van der Waals surface area contributed by atoms with Crippen molar-refractivity contribution in [3.8, 4) is 11.8 Å². The molecule has 1 aliphatic rings. The molecule has 0 spiro atoms. The molecule has 28 heavy (non-hydrogen) atoms. The third-order valence-corrected chi connectivity index (χ3v) is 5.41. The molecule has 0 amide bonds. The van der Waals surface area contributed by atoms with Crippen LogP contribution in [-0.4, -0.2) is 36.3 Å². The minimum atomic E-state index is 0.0592. The Morgan fingerprint density at radius 1 is 1.18 bits per heavy atom. The molecule has 144 valence electrons. The largest absolute Gasteiger partial charge is 0.497 e. The second kappa shape index (κ2) is 8.05. The van der Waals surface area contributed by atoms with E-state index in [1.165, 1.54) is 21.9 Å². The van der Waals surface area contributed by atoms with Crippen LogP contribution in [-0.2, 0) is 17.8 Å². The summed E-state index contributed by atoms with van der Waals surface area (Å²) in [6.45, 7) is 6.18. The summed E-state index contributed by atoms with van der Waals surface area (Å²) in [6, 6.07) is 16.9. The number of aromatic nitrogens is 1. The van der Waals surface area contributed by atoms with Gasteiger partial charge in [-0.05, 0) is 53.1 Å². The first-order valence-corrected chi connectivity index (χ1v) is 9.71. The Bertz CT molecular complexity index is 1020. The number of fused-ring (bicyclic) bond motifs is 1. The summed E-state index contributed by atoms with van der Waals surface area (Å²) < 4.78 is 13.4. The molecule has 0 saturated carbocycles. The van der Waals surface area contributed by atoms with Gasteiger partial charge in [-0.1, -0.05) is 18.2 Å². The van der Waals surface area contributed by atoms with E-state index >= 15 is 0 Å². The van der Waals surface area contributed by atoms with E-state index < -0.39 is 0 Å². The topological polar surface area (TPSA) is 50.4 Å². The van der Waals surface area contributed by atoms with E-state index in [1.54, 1.807) is 7.11 Å². The molecule has 1 aliphatic heterocycles. The summed E-state index contributed by atoms with van der Waals surface area (Å²) in [4.78, 5) is 2.41. The van der Waals surface area contributed by atoms with Crippen LogP contribution in [0.15, 0.2) is 48.7 Å². The second-order valence-electron chi connectivity index (χ2n) is 7.20. The smallest absolute Gasteiger partial charge is 0.120 e. The van der Waals surface area contributed by atoms with Crippen molar-refractivity contribution in [2.24, 2.45) is 0 Å². The van der Waals surface area contributed by atoms with E-state index in [9.17, 15) is 5.26 Å². The zero-order valence-corrected chi connectivity index (χ0v) is 16.4. The van der Waals surface area contributed by atoms with E-state index in [0.717, 1.165) is 37.6 Å². The van der Waals surface area contributed by atoms with Crippen molar-refractivity contribution < 1.29 is 9.47 Å². The Hall–Kier alpha value is -2.81. The highest BCUT2D eigenvalue weighted by Gasteiger charge is 2.23. The van der Waals surface area contributed by atoms with Gasteiger partial charge in [0.2, 0.25) is 0 Å². The number of morpholine rings is 1. The lowest BCUT2D eigenvalue weighted by Crippen LogP contribution is -2.37. The molecule has 0 bridgehead atoms. The molecule has 2 heterocycles. The van der Waals surface area contributed by atoms with Crippen molar-refractivity contribution in [1.82, 2.24) is 9.47 Å². The predicted octanol–water partition coefficient (Wildman–Crippen LogP) is 4.11. The summed E-state index contributed by atoms with van der Waals surface area (Å²) >= 11 is 0. The Morgan fingerprint density at radius 3 is 2.75 bits per heavy atom. The van der Waals surface area contributed by atoms with Gasteiger partial charge >= 0.3 is 0 Å². The molecule has 5 heteroatoms. The van der Waals surface area contributed by atoms with Crippen LogP contribution in [0.3, 0.4) is 0 Å². The van der Waals surface area contributed by atoms with Gasteiger partial charge < -0.3 is 14.0 Å². The van der Waals surface area contributed by atoms with Crippen LogP contribution >= 0.6 is 0 Å². The van der Waals surface area contributed by atoms with Crippen molar-refractivity contribution in [3.63, 3.8) is 0 Å². The molecule has 0 aliphatic carbocycles. The van der Waals surface area contributed by atoms with Crippen molar-refractivity contribution >= 4 is 10.8 Å². The summed E-state index contributed by atoms with van der Waals surface area (Å²) in [5.74, 6) is 0.871. The molecular weight excluding hydrogens is 350 g/mol. The number of benzene rings is 2. The van der Waals surface area contributed by atoms with Gasteiger partial charge in [0, 0.05) is 32.4 Å². The number of nitriles is 1. The van der Waals surface area contributed by atoms with E-state index in [1.807, 2.05) is 16.7 Å². The molecule has 2 aromatic carbocycles. The van der Waals surface area contributed by atoms with Crippen LogP contribution in [0.25, 0.3) is 10.8 Å². The van der Waals surface area contributed by atoms with Crippen LogP contribution in [0.2, 0.25) is 0 Å². The van der Waals surface area contributed by atoms with Gasteiger partial charge in [0.05, 0.1) is 19.8 Å². The lowest BCUT2D eigenvalue weighted by Gasteiger charge is -2.33. The highest BCUT2D eigenvalue weighted by Crippen LogP contribution is 2.28. The average Bonchev–Trinajstić information content (AvgIpc) is 3.15. The van der Waals surface area contributed by atoms with Crippen LogP contribution in [0.4, 0.5) is 0 Å². The van der Waals surface area contributed by atoms with Crippen molar-refractivity contribution in [2.45, 2.75) is 26.1 Å². The standard InChI is InChI=1S/C23H25N3O2/c1-3-26-15-17(10-21(26)13-24)14-25-8-9-28-23(16-25)20-5-4-19-12-22(27-2)7-6-18(19)11-20/h4-7,10-12,15,23H,3,8-9,14,16H2,1-2H3. The Morgan fingerprint density at radius 2 is 2.00 bits per heavy atom. The van der Waals surface area contributed by atoms with E-state index in [2.05, 4.69) is 54.4 Å². The van der Waals surface area contributed by atoms with Crippen LogP contribution < -0.4 is 4.74 Å². The predicted molar refractivity (Wildman–Crippen MR) is 109 cm³/mol. The summed E-state index contributed by atoms with van der Waals surface area (Å²) in [5, 5.41) is 11.6. The van der Waals surface area contributed by atoms with Crippen LogP contribution in [0, 0.1) is 11.3 Å². The normalized spacial score (nSPS) is 17.5. The number of ether oxygens (including phenoxy) is 2. The number of hydrogen-bond donors (Lipinski definition) is 0. The second-order valence-corrected chi connectivity index (χ2v) is 7.20. The third kappa shape index (κ3) is 3.75. The SMILES string of the molecule is CCn1cc(CN2CCOC(c3ccc4cc(OC)ccc4c3)C2)cc1C#N. The Kier molecular flexibility index (Phi) is 5.34. The average molecular weight is 375 g/mol. The molecule has 3 aromatic rings.